The fourth-order valence-corrected chi connectivity index (χ4v) is 4.75. The third-order valence-electron chi connectivity index (χ3n) is 5.51. The molecule has 11 nitrogen and oxygen atoms in total. The van der Waals surface area contributed by atoms with Crippen molar-refractivity contribution in [2.75, 3.05) is 4.90 Å². The second kappa shape index (κ2) is 7.85. The number of hydrogen-bond donors (Lipinski definition) is 1. The van der Waals surface area contributed by atoms with Gasteiger partial charge in [-0.05, 0) is 43.7 Å². The molecule has 3 aromatic heterocycles. The topological polar surface area (TPSA) is 144 Å². The Morgan fingerprint density at radius 3 is 2.50 bits per heavy atom. The first-order valence-corrected chi connectivity index (χ1v) is 10.9. The number of hydrogen-bond acceptors (Lipinski definition) is 9. The molecule has 1 amide bonds. The number of pyridine rings is 1. The molecule has 1 fully saturated rings. The number of carbonyl (C=O) groups excluding carboxylic acids is 2. The van der Waals surface area contributed by atoms with Crippen molar-refractivity contribution < 1.29 is 19.6 Å². The normalized spacial score (nSPS) is 17.6. The molecule has 5 rings (SSSR count). The molecule has 4 aromatic rings. The van der Waals surface area contributed by atoms with Gasteiger partial charge in [0.25, 0.3) is 11.5 Å². The zero-order valence-corrected chi connectivity index (χ0v) is 18.7. The van der Waals surface area contributed by atoms with E-state index in [1.807, 2.05) is 0 Å². The summed E-state index contributed by atoms with van der Waals surface area (Å²) in [4.78, 5) is 42.6. The SMILES string of the molecule is Cc1nnc(N2C(=O)C(=O)C(=C(O)c3c(C)nc4ccccn34)C2c2ccc([N+](=O)[O-])cc2)s1. The zero-order valence-electron chi connectivity index (χ0n) is 17.9. The van der Waals surface area contributed by atoms with Crippen LogP contribution in [0.25, 0.3) is 11.4 Å². The van der Waals surface area contributed by atoms with E-state index in [-0.39, 0.29) is 22.1 Å². The fourth-order valence-electron chi connectivity index (χ4n) is 4.03. The number of nitrogens with zero attached hydrogens (tertiary/aromatic N) is 6. The Morgan fingerprint density at radius 2 is 1.85 bits per heavy atom. The number of nitro benzene ring substituents is 1. The first kappa shape index (κ1) is 21.4. The van der Waals surface area contributed by atoms with E-state index in [2.05, 4.69) is 15.2 Å². The number of Topliss-reactive ketones (excluding diaryl/α,β-unsaturated/α-hetero) is 1. The number of aryl methyl sites for hydroxylation is 2. The average molecular weight is 476 g/mol. The Kier molecular flexibility index (Phi) is 4.94. The molecule has 1 unspecified atom stereocenters. The minimum absolute atomic E-state index is 0.148. The number of aliphatic hydroxyl groups is 1. The van der Waals surface area contributed by atoms with Crippen molar-refractivity contribution in [1.29, 1.82) is 0 Å². The van der Waals surface area contributed by atoms with E-state index in [0.717, 1.165) is 16.2 Å². The number of amides is 1. The van der Waals surface area contributed by atoms with E-state index in [1.54, 1.807) is 42.6 Å². The van der Waals surface area contributed by atoms with Gasteiger partial charge in [-0.15, -0.1) is 10.2 Å². The second-order valence-electron chi connectivity index (χ2n) is 7.60. The summed E-state index contributed by atoms with van der Waals surface area (Å²) < 4.78 is 1.63. The van der Waals surface area contributed by atoms with Crippen molar-refractivity contribution in [3.63, 3.8) is 0 Å². The molecule has 0 bridgehead atoms. The van der Waals surface area contributed by atoms with Crippen LogP contribution in [-0.2, 0) is 9.59 Å². The number of aliphatic hydroxyl groups excluding tert-OH is 1. The molecule has 1 N–H and O–H groups in total. The molecule has 4 heterocycles. The van der Waals surface area contributed by atoms with Gasteiger partial charge in [-0.3, -0.25) is 29.0 Å². The molecule has 34 heavy (non-hydrogen) atoms. The van der Waals surface area contributed by atoms with Crippen LogP contribution >= 0.6 is 11.3 Å². The number of aromatic nitrogens is 4. The van der Waals surface area contributed by atoms with Crippen molar-refractivity contribution in [3.8, 4) is 0 Å². The molecule has 0 aliphatic carbocycles. The highest BCUT2D eigenvalue weighted by Crippen LogP contribution is 2.43. The minimum atomic E-state index is -1.07. The van der Waals surface area contributed by atoms with Crippen molar-refractivity contribution in [2.24, 2.45) is 0 Å². The van der Waals surface area contributed by atoms with Gasteiger partial charge in [-0.25, -0.2) is 4.98 Å². The van der Waals surface area contributed by atoms with Crippen molar-refractivity contribution >= 4 is 45.3 Å². The summed E-state index contributed by atoms with van der Waals surface area (Å²) in [5, 5.41) is 31.2. The van der Waals surface area contributed by atoms with Gasteiger partial charge < -0.3 is 5.11 Å². The molecular weight excluding hydrogens is 460 g/mol. The second-order valence-corrected chi connectivity index (χ2v) is 8.76. The van der Waals surface area contributed by atoms with Crippen LogP contribution in [0.5, 0.6) is 0 Å². The molecule has 12 heteroatoms. The van der Waals surface area contributed by atoms with Gasteiger partial charge in [0, 0.05) is 18.3 Å². The van der Waals surface area contributed by atoms with Gasteiger partial charge in [0.1, 0.15) is 16.3 Å². The van der Waals surface area contributed by atoms with E-state index < -0.39 is 28.4 Å². The Balaban J connectivity index is 1.77. The van der Waals surface area contributed by atoms with E-state index in [1.165, 1.54) is 24.3 Å². The number of benzene rings is 1. The lowest BCUT2D eigenvalue weighted by atomic mass is 9.96. The predicted molar refractivity (Wildman–Crippen MR) is 122 cm³/mol. The maximum Gasteiger partial charge on any atom is 0.301 e. The third-order valence-corrected chi connectivity index (χ3v) is 6.35. The zero-order chi connectivity index (χ0) is 24.1. The van der Waals surface area contributed by atoms with E-state index >= 15 is 0 Å². The summed E-state index contributed by atoms with van der Waals surface area (Å²) in [5.74, 6) is -2.19. The highest BCUT2D eigenvalue weighted by molar-refractivity contribution is 7.15. The average Bonchev–Trinajstić information content (AvgIpc) is 3.46. The Hall–Kier alpha value is -4.45. The summed E-state index contributed by atoms with van der Waals surface area (Å²) in [5.41, 5.74) is 1.37. The fraction of sp³-hybridized carbons (Fsp3) is 0.136. The third kappa shape index (κ3) is 3.23. The predicted octanol–water partition coefficient (Wildman–Crippen LogP) is 3.34. The summed E-state index contributed by atoms with van der Waals surface area (Å²) in [7, 11) is 0. The van der Waals surface area contributed by atoms with Gasteiger partial charge in [-0.2, -0.15) is 0 Å². The first-order valence-electron chi connectivity index (χ1n) is 10.1. The van der Waals surface area contributed by atoms with Crippen molar-refractivity contribution in [2.45, 2.75) is 19.9 Å². The molecule has 170 valence electrons. The number of imidazole rings is 1. The van der Waals surface area contributed by atoms with Crippen molar-refractivity contribution in [3.05, 3.63) is 86.3 Å². The van der Waals surface area contributed by atoms with Crippen LogP contribution in [0.15, 0.2) is 54.2 Å². The van der Waals surface area contributed by atoms with Gasteiger partial charge in [-0.1, -0.05) is 17.4 Å². The Labute approximate surface area is 195 Å². The molecular formula is C22H16N6O5S. The van der Waals surface area contributed by atoms with E-state index in [0.29, 0.717) is 21.9 Å². The van der Waals surface area contributed by atoms with Crippen LogP contribution < -0.4 is 4.90 Å². The standard InChI is InChI=1S/C22H16N6O5S/c1-11-17(26-10-4-3-5-15(26)23-11)19(29)16-18(13-6-8-14(9-7-13)28(32)33)27(21(31)20(16)30)22-25-24-12(2)34-22/h3-10,18,29H,1-2H3. The lowest BCUT2D eigenvalue weighted by Gasteiger charge is -2.22. The molecule has 0 radical (unpaired) electrons. The minimum Gasteiger partial charge on any atom is -0.505 e. The number of non-ortho nitro benzene ring substituents is 1. The van der Waals surface area contributed by atoms with Crippen molar-refractivity contribution in [1.82, 2.24) is 19.6 Å². The number of nitro groups is 1. The molecule has 0 spiro atoms. The Bertz CT molecular complexity index is 1520. The number of fused-ring (bicyclic) bond motifs is 1. The largest absolute Gasteiger partial charge is 0.505 e. The van der Waals surface area contributed by atoms with E-state index in [9.17, 15) is 24.8 Å². The summed E-state index contributed by atoms with van der Waals surface area (Å²) in [6.45, 7) is 3.40. The highest BCUT2D eigenvalue weighted by Gasteiger charge is 2.48. The van der Waals surface area contributed by atoms with Crippen LogP contribution in [0.1, 0.15) is 28.0 Å². The lowest BCUT2D eigenvalue weighted by molar-refractivity contribution is -0.384. The number of carbonyl (C=O) groups is 2. The number of rotatable bonds is 4. The maximum atomic E-state index is 13.2. The van der Waals surface area contributed by atoms with Gasteiger partial charge in [0.15, 0.2) is 5.76 Å². The molecule has 1 aromatic carbocycles. The summed E-state index contributed by atoms with van der Waals surface area (Å²) in [6.07, 6.45) is 1.69. The number of anilines is 1. The van der Waals surface area contributed by atoms with Crippen LogP contribution in [-0.4, -0.2) is 41.3 Å². The smallest absolute Gasteiger partial charge is 0.301 e. The maximum absolute atomic E-state index is 13.2. The molecule has 1 aliphatic heterocycles. The van der Waals surface area contributed by atoms with Gasteiger partial charge in [0.05, 0.1) is 22.2 Å². The molecule has 1 atom stereocenters. The monoisotopic (exact) mass is 476 g/mol. The lowest BCUT2D eigenvalue weighted by Crippen LogP contribution is -2.29. The summed E-state index contributed by atoms with van der Waals surface area (Å²) >= 11 is 1.11. The quantitative estimate of drug-likeness (QED) is 0.155. The van der Waals surface area contributed by atoms with Gasteiger partial charge >= 0.3 is 5.91 Å². The summed E-state index contributed by atoms with van der Waals surface area (Å²) in [6, 6.07) is 9.68. The Morgan fingerprint density at radius 1 is 1.12 bits per heavy atom. The molecule has 1 saturated heterocycles. The molecule has 0 saturated carbocycles. The van der Waals surface area contributed by atoms with Crippen LogP contribution in [0, 0.1) is 24.0 Å². The first-order chi connectivity index (χ1) is 16.3. The molecule has 1 aliphatic rings. The van der Waals surface area contributed by atoms with Gasteiger partial charge in [0.2, 0.25) is 5.13 Å². The van der Waals surface area contributed by atoms with Crippen LogP contribution in [0.2, 0.25) is 0 Å². The number of ketones is 1. The van der Waals surface area contributed by atoms with Crippen LogP contribution in [0.4, 0.5) is 10.8 Å². The van der Waals surface area contributed by atoms with E-state index in [4.69, 9.17) is 0 Å². The highest BCUT2D eigenvalue weighted by atomic mass is 32.1. The van der Waals surface area contributed by atoms with Crippen LogP contribution in [0.3, 0.4) is 0 Å².